The van der Waals surface area contributed by atoms with Gasteiger partial charge in [-0.05, 0) is 13.0 Å². The number of allylic oxidation sites excluding steroid dienone is 4. The molecule has 0 aromatic carbocycles. The SMILES string of the molecule is C/C=C\C=C/C=NCCO. The van der Waals surface area contributed by atoms with Gasteiger partial charge in [0.25, 0.3) is 0 Å². The zero-order valence-electron chi connectivity index (χ0n) is 6.20. The first-order valence-electron chi connectivity index (χ1n) is 3.30. The molecule has 0 aliphatic carbocycles. The molecule has 0 rings (SSSR count). The highest BCUT2D eigenvalue weighted by Crippen LogP contribution is 1.73. The Morgan fingerprint density at radius 1 is 1.30 bits per heavy atom. The van der Waals surface area contributed by atoms with Crippen LogP contribution in [-0.4, -0.2) is 24.5 Å². The fourth-order valence-electron chi connectivity index (χ4n) is 0.418. The molecular weight excluding hydrogens is 126 g/mol. The largest absolute Gasteiger partial charge is 0.394 e. The van der Waals surface area contributed by atoms with Crippen molar-refractivity contribution < 1.29 is 5.11 Å². The van der Waals surface area contributed by atoms with Crippen molar-refractivity contribution in [3.8, 4) is 0 Å². The van der Waals surface area contributed by atoms with Crippen LogP contribution in [0.2, 0.25) is 0 Å². The van der Waals surface area contributed by atoms with Crippen molar-refractivity contribution in [3.63, 3.8) is 0 Å². The Kier molecular flexibility index (Phi) is 7.39. The normalized spacial score (nSPS) is 12.6. The van der Waals surface area contributed by atoms with Crippen LogP contribution in [0.1, 0.15) is 6.92 Å². The minimum absolute atomic E-state index is 0.119. The standard InChI is InChI=1S/C8H13NO/c1-2-3-4-5-6-9-7-8-10/h2-6,10H,7-8H2,1H3/b3-2-,5-4-,9-6?. The third kappa shape index (κ3) is 7.11. The molecule has 0 aromatic rings. The highest BCUT2D eigenvalue weighted by Gasteiger charge is 1.68. The maximum Gasteiger partial charge on any atom is 0.0626 e. The summed E-state index contributed by atoms with van der Waals surface area (Å²) in [6, 6.07) is 0. The summed E-state index contributed by atoms with van der Waals surface area (Å²) in [5, 5.41) is 8.32. The molecule has 0 spiro atoms. The molecule has 10 heavy (non-hydrogen) atoms. The van der Waals surface area contributed by atoms with E-state index >= 15 is 0 Å². The van der Waals surface area contributed by atoms with Gasteiger partial charge in [-0.25, -0.2) is 0 Å². The van der Waals surface area contributed by atoms with E-state index in [2.05, 4.69) is 4.99 Å². The van der Waals surface area contributed by atoms with Crippen molar-refractivity contribution in [2.45, 2.75) is 6.92 Å². The lowest BCUT2D eigenvalue weighted by Gasteiger charge is -1.80. The van der Waals surface area contributed by atoms with Crippen molar-refractivity contribution in [1.82, 2.24) is 0 Å². The summed E-state index contributed by atoms with van der Waals surface area (Å²) in [6.07, 6.45) is 9.26. The number of rotatable bonds is 4. The first-order valence-corrected chi connectivity index (χ1v) is 3.30. The summed E-state index contributed by atoms with van der Waals surface area (Å²) >= 11 is 0. The van der Waals surface area contributed by atoms with Gasteiger partial charge in [0.05, 0.1) is 13.2 Å². The smallest absolute Gasteiger partial charge is 0.0626 e. The van der Waals surface area contributed by atoms with Crippen LogP contribution < -0.4 is 0 Å². The molecule has 56 valence electrons. The van der Waals surface area contributed by atoms with Crippen LogP contribution in [-0.2, 0) is 0 Å². The second-order valence-corrected chi connectivity index (χ2v) is 1.69. The minimum Gasteiger partial charge on any atom is -0.394 e. The molecule has 0 heterocycles. The first kappa shape index (κ1) is 9.11. The summed E-state index contributed by atoms with van der Waals surface area (Å²) in [4.78, 5) is 3.87. The van der Waals surface area contributed by atoms with E-state index in [1.165, 1.54) is 0 Å². The van der Waals surface area contributed by atoms with Crippen LogP contribution in [0.5, 0.6) is 0 Å². The minimum atomic E-state index is 0.119. The highest BCUT2D eigenvalue weighted by atomic mass is 16.3. The lowest BCUT2D eigenvalue weighted by molar-refractivity contribution is 0.307. The van der Waals surface area contributed by atoms with Crippen LogP contribution >= 0.6 is 0 Å². The summed E-state index contributed by atoms with van der Waals surface area (Å²) in [6.45, 7) is 2.56. The number of hydrogen-bond acceptors (Lipinski definition) is 2. The van der Waals surface area contributed by atoms with Gasteiger partial charge in [0.15, 0.2) is 0 Å². The molecule has 2 nitrogen and oxygen atoms in total. The molecule has 2 heteroatoms. The third-order valence-electron chi connectivity index (χ3n) is 0.835. The number of nitrogens with zero attached hydrogens (tertiary/aromatic N) is 1. The maximum atomic E-state index is 8.32. The van der Waals surface area contributed by atoms with E-state index in [1.807, 2.05) is 31.2 Å². The van der Waals surface area contributed by atoms with E-state index in [9.17, 15) is 0 Å². The Hall–Kier alpha value is -0.890. The Balaban J connectivity index is 3.32. The van der Waals surface area contributed by atoms with Crippen LogP contribution in [0, 0.1) is 0 Å². The van der Waals surface area contributed by atoms with Gasteiger partial charge in [-0.15, -0.1) is 0 Å². The Bertz CT molecular complexity index is 136. The van der Waals surface area contributed by atoms with E-state index in [0.717, 1.165) is 0 Å². The van der Waals surface area contributed by atoms with Crippen molar-refractivity contribution in [3.05, 3.63) is 24.3 Å². The molecule has 0 aliphatic rings. The molecule has 0 unspecified atom stereocenters. The molecule has 0 atom stereocenters. The van der Waals surface area contributed by atoms with Crippen LogP contribution in [0.3, 0.4) is 0 Å². The zero-order chi connectivity index (χ0) is 7.66. The number of aliphatic hydroxyl groups excluding tert-OH is 1. The van der Waals surface area contributed by atoms with Crippen LogP contribution in [0.25, 0.3) is 0 Å². The Morgan fingerprint density at radius 3 is 2.70 bits per heavy atom. The van der Waals surface area contributed by atoms with E-state index in [4.69, 9.17) is 5.11 Å². The predicted molar refractivity (Wildman–Crippen MR) is 44.4 cm³/mol. The van der Waals surface area contributed by atoms with E-state index < -0.39 is 0 Å². The van der Waals surface area contributed by atoms with Crippen molar-refractivity contribution in [2.24, 2.45) is 4.99 Å². The second-order valence-electron chi connectivity index (χ2n) is 1.69. The lowest BCUT2D eigenvalue weighted by atomic mass is 10.4. The average molecular weight is 139 g/mol. The van der Waals surface area contributed by atoms with Gasteiger partial charge in [-0.2, -0.15) is 0 Å². The monoisotopic (exact) mass is 139 g/mol. The average Bonchev–Trinajstić information content (AvgIpc) is 1.97. The summed E-state index contributed by atoms with van der Waals surface area (Å²) in [5.74, 6) is 0. The molecule has 0 amide bonds. The maximum absolute atomic E-state index is 8.32. The second kappa shape index (κ2) is 8.11. The van der Waals surface area contributed by atoms with Gasteiger partial charge in [-0.1, -0.05) is 18.2 Å². The molecule has 0 bridgehead atoms. The van der Waals surface area contributed by atoms with Crippen LogP contribution in [0.4, 0.5) is 0 Å². The molecule has 0 aliphatic heterocycles. The van der Waals surface area contributed by atoms with Gasteiger partial charge < -0.3 is 5.11 Å². The number of hydrogen-bond donors (Lipinski definition) is 1. The lowest BCUT2D eigenvalue weighted by Crippen LogP contribution is -1.85. The Labute approximate surface area is 61.6 Å². The fraction of sp³-hybridized carbons (Fsp3) is 0.375. The van der Waals surface area contributed by atoms with Gasteiger partial charge >= 0.3 is 0 Å². The van der Waals surface area contributed by atoms with E-state index in [1.54, 1.807) is 6.21 Å². The van der Waals surface area contributed by atoms with Crippen molar-refractivity contribution >= 4 is 6.21 Å². The summed E-state index contributed by atoms with van der Waals surface area (Å²) < 4.78 is 0. The van der Waals surface area contributed by atoms with Gasteiger partial charge in [0, 0.05) is 6.21 Å². The molecule has 1 N–H and O–H groups in total. The zero-order valence-corrected chi connectivity index (χ0v) is 6.20. The van der Waals surface area contributed by atoms with E-state index in [-0.39, 0.29) is 6.61 Å². The fourth-order valence-corrected chi connectivity index (χ4v) is 0.418. The van der Waals surface area contributed by atoms with Gasteiger partial charge in [0.2, 0.25) is 0 Å². The molecule has 0 saturated carbocycles. The van der Waals surface area contributed by atoms with Gasteiger partial charge in [-0.3, -0.25) is 4.99 Å². The molecule has 0 aromatic heterocycles. The molecule has 0 fully saturated rings. The third-order valence-corrected chi connectivity index (χ3v) is 0.835. The van der Waals surface area contributed by atoms with Crippen LogP contribution in [0.15, 0.2) is 29.3 Å². The topological polar surface area (TPSA) is 32.6 Å². The molecule has 0 radical (unpaired) electrons. The summed E-state index contributed by atoms with van der Waals surface area (Å²) in [5.41, 5.74) is 0. The predicted octanol–water partition coefficient (Wildman–Crippen LogP) is 1.18. The van der Waals surface area contributed by atoms with Crippen molar-refractivity contribution in [1.29, 1.82) is 0 Å². The quantitative estimate of drug-likeness (QED) is 0.460. The highest BCUT2D eigenvalue weighted by molar-refractivity contribution is 5.71. The Morgan fingerprint density at radius 2 is 2.10 bits per heavy atom. The first-order chi connectivity index (χ1) is 4.91. The van der Waals surface area contributed by atoms with Gasteiger partial charge in [0.1, 0.15) is 0 Å². The van der Waals surface area contributed by atoms with E-state index in [0.29, 0.717) is 6.54 Å². The molecular formula is C8H13NO. The number of aliphatic hydroxyl groups is 1. The van der Waals surface area contributed by atoms with Crippen molar-refractivity contribution in [2.75, 3.05) is 13.2 Å². The summed E-state index contributed by atoms with van der Waals surface area (Å²) in [7, 11) is 0. The molecule has 0 saturated heterocycles. The number of aliphatic imine (C=N–C) groups is 1.